The Morgan fingerprint density at radius 1 is 1.06 bits per heavy atom. The molecule has 32 heavy (non-hydrogen) atoms. The van der Waals surface area contributed by atoms with Crippen molar-refractivity contribution in [2.75, 3.05) is 26.2 Å². The molecule has 172 valence electrons. The quantitative estimate of drug-likeness (QED) is 0.620. The van der Waals surface area contributed by atoms with Gasteiger partial charge in [0.2, 0.25) is 10.0 Å². The highest BCUT2D eigenvalue weighted by Crippen LogP contribution is 2.30. The number of nitrogens with zero attached hydrogens (tertiary/aromatic N) is 2. The number of hydrogen-bond donors (Lipinski definition) is 2. The molecule has 3 rings (SSSR count). The maximum atomic E-state index is 13.6. The lowest BCUT2D eigenvalue weighted by Gasteiger charge is -2.28. The van der Waals surface area contributed by atoms with Gasteiger partial charge >= 0.3 is 0 Å². The maximum Gasteiger partial charge on any atom is 0.259 e. The molecule has 1 atom stereocenters. The Balaban J connectivity index is 2.02. The largest absolute Gasteiger partial charge is 0.352 e. The summed E-state index contributed by atoms with van der Waals surface area (Å²) in [6.07, 6.45) is -1.61. The van der Waals surface area contributed by atoms with Gasteiger partial charge in [-0.3, -0.25) is 9.59 Å². The van der Waals surface area contributed by atoms with Gasteiger partial charge in [-0.25, -0.2) is 17.2 Å². The standard InChI is InChI=1S/C19H18Cl2F2N4O4S/c20-15-2-1-14(10-16(15)21)32(30,31)27-6-5-26(18(27)17(28)25-4-3-24)19(29)11-7-12(22)9-13(23)8-11/h1-2,7-10,18H,3-6,24H2,(H,25,28). The van der Waals surface area contributed by atoms with E-state index in [4.69, 9.17) is 28.9 Å². The SMILES string of the molecule is NCCNC(=O)C1N(C(=O)c2cc(F)cc(F)c2)CCN1S(=O)(=O)c1ccc(Cl)c(Cl)c1. The van der Waals surface area contributed by atoms with Crippen LogP contribution in [0.5, 0.6) is 0 Å². The summed E-state index contributed by atoms with van der Waals surface area (Å²) < 4.78 is 54.6. The first-order valence-corrected chi connectivity index (χ1v) is 11.5. The molecule has 0 aliphatic carbocycles. The normalized spacial score (nSPS) is 16.9. The van der Waals surface area contributed by atoms with Crippen molar-refractivity contribution in [3.05, 3.63) is 63.6 Å². The van der Waals surface area contributed by atoms with Crippen LogP contribution < -0.4 is 11.1 Å². The van der Waals surface area contributed by atoms with Crippen LogP contribution in [0.15, 0.2) is 41.3 Å². The molecule has 1 fully saturated rings. The van der Waals surface area contributed by atoms with E-state index in [-0.39, 0.29) is 46.7 Å². The summed E-state index contributed by atoms with van der Waals surface area (Å²) in [6.45, 7) is -0.348. The summed E-state index contributed by atoms with van der Waals surface area (Å²) >= 11 is 11.8. The van der Waals surface area contributed by atoms with Gasteiger partial charge < -0.3 is 16.0 Å². The third-order valence-electron chi connectivity index (χ3n) is 4.68. The zero-order chi connectivity index (χ0) is 23.6. The van der Waals surface area contributed by atoms with Gasteiger partial charge in [-0.1, -0.05) is 23.2 Å². The molecule has 0 bridgehead atoms. The molecule has 1 aliphatic heterocycles. The molecule has 0 aromatic heterocycles. The predicted molar refractivity (Wildman–Crippen MR) is 114 cm³/mol. The van der Waals surface area contributed by atoms with E-state index < -0.39 is 39.6 Å². The topological polar surface area (TPSA) is 113 Å². The molecule has 0 spiro atoms. The Labute approximate surface area is 192 Å². The van der Waals surface area contributed by atoms with Gasteiger partial charge in [0, 0.05) is 37.8 Å². The molecular weight excluding hydrogens is 489 g/mol. The zero-order valence-electron chi connectivity index (χ0n) is 16.4. The van der Waals surface area contributed by atoms with E-state index in [9.17, 15) is 26.8 Å². The minimum Gasteiger partial charge on any atom is -0.352 e. The van der Waals surface area contributed by atoms with Crippen molar-refractivity contribution in [1.29, 1.82) is 0 Å². The molecule has 1 heterocycles. The second kappa shape index (κ2) is 9.67. The summed E-state index contributed by atoms with van der Waals surface area (Å²) in [5, 5.41) is 2.57. The van der Waals surface area contributed by atoms with Crippen LogP contribution >= 0.6 is 23.2 Å². The lowest BCUT2D eigenvalue weighted by atomic mass is 10.2. The Bertz CT molecular complexity index is 1150. The molecule has 13 heteroatoms. The summed E-state index contributed by atoms with van der Waals surface area (Å²) in [5.41, 5.74) is 5.03. The molecule has 1 saturated heterocycles. The van der Waals surface area contributed by atoms with Crippen molar-refractivity contribution < 1.29 is 26.8 Å². The minimum absolute atomic E-state index is 0.0146. The number of carbonyl (C=O) groups is 2. The van der Waals surface area contributed by atoms with Gasteiger partial charge in [-0.15, -0.1) is 0 Å². The van der Waals surface area contributed by atoms with E-state index in [2.05, 4.69) is 5.32 Å². The van der Waals surface area contributed by atoms with Crippen molar-refractivity contribution in [3.63, 3.8) is 0 Å². The predicted octanol–water partition coefficient (Wildman–Crippen LogP) is 1.82. The van der Waals surface area contributed by atoms with Crippen molar-refractivity contribution in [3.8, 4) is 0 Å². The van der Waals surface area contributed by atoms with Crippen molar-refractivity contribution >= 4 is 45.0 Å². The van der Waals surface area contributed by atoms with E-state index >= 15 is 0 Å². The molecule has 2 aromatic carbocycles. The van der Waals surface area contributed by atoms with Crippen LogP contribution in [0.4, 0.5) is 8.78 Å². The van der Waals surface area contributed by atoms with Crippen molar-refractivity contribution in [1.82, 2.24) is 14.5 Å². The fraction of sp³-hybridized carbons (Fsp3) is 0.263. The summed E-state index contributed by atoms with van der Waals surface area (Å²) in [6, 6.07) is 5.82. The van der Waals surface area contributed by atoms with Crippen LogP contribution in [0.25, 0.3) is 0 Å². The zero-order valence-corrected chi connectivity index (χ0v) is 18.7. The fourth-order valence-corrected chi connectivity index (χ4v) is 5.18. The van der Waals surface area contributed by atoms with Gasteiger partial charge in [0.15, 0.2) is 6.17 Å². The average Bonchev–Trinajstić information content (AvgIpc) is 3.18. The number of carbonyl (C=O) groups excluding carboxylic acids is 2. The average molecular weight is 507 g/mol. The Kier molecular flexibility index (Phi) is 7.36. The molecule has 1 aliphatic rings. The van der Waals surface area contributed by atoms with E-state index in [1.54, 1.807) is 0 Å². The summed E-state index contributed by atoms with van der Waals surface area (Å²) in [5.74, 6) is -3.71. The first-order valence-electron chi connectivity index (χ1n) is 9.28. The second-order valence-corrected chi connectivity index (χ2v) is 9.51. The number of rotatable bonds is 6. The minimum atomic E-state index is -4.31. The number of sulfonamides is 1. The molecular formula is C19H18Cl2F2N4O4S. The van der Waals surface area contributed by atoms with Crippen molar-refractivity contribution in [2.45, 2.75) is 11.1 Å². The third kappa shape index (κ3) is 4.86. The number of benzene rings is 2. The van der Waals surface area contributed by atoms with Crippen molar-refractivity contribution in [2.24, 2.45) is 5.73 Å². The summed E-state index contributed by atoms with van der Waals surface area (Å²) in [4.78, 5) is 26.5. The smallest absolute Gasteiger partial charge is 0.259 e. The van der Waals surface area contributed by atoms with Crippen LogP contribution in [0.1, 0.15) is 10.4 Å². The number of halogens is 4. The van der Waals surface area contributed by atoms with E-state index in [0.29, 0.717) is 6.07 Å². The second-order valence-electron chi connectivity index (χ2n) is 6.80. The highest BCUT2D eigenvalue weighted by molar-refractivity contribution is 7.89. The van der Waals surface area contributed by atoms with Crippen LogP contribution in [0, 0.1) is 11.6 Å². The molecule has 3 N–H and O–H groups in total. The van der Waals surface area contributed by atoms with Gasteiger partial charge in [0.25, 0.3) is 11.8 Å². The summed E-state index contributed by atoms with van der Waals surface area (Å²) in [7, 11) is -4.31. The Hall–Kier alpha value is -2.31. The number of nitrogens with one attached hydrogen (secondary N) is 1. The number of amides is 2. The van der Waals surface area contributed by atoms with Gasteiger partial charge in [-0.05, 0) is 30.3 Å². The van der Waals surface area contributed by atoms with Crippen LogP contribution in [0.2, 0.25) is 10.0 Å². The van der Waals surface area contributed by atoms with Crippen LogP contribution in [-0.2, 0) is 14.8 Å². The highest BCUT2D eigenvalue weighted by atomic mass is 35.5. The Morgan fingerprint density at radius 3 is 2.31 bits per heavy atom. The third-order valence-corrected chi connectivity index (χ3v) is 7.26. The van der Waals surface area contributed by atoms with Crippen LogP contribution in [-0.4, -0.2) is 61.8 Å². The molecule has 1 unspecified atom stereocenters. The van der Waals surface area contributed by atoms with Crippen LogP contribution in [0.3, 0.4) is 0 Å². The maximum absolute atomic E-state index is 13.6. The fourth-order valence-electron chi connectivity index (χ4n) is 3.25. The first kappa shape index (κ1) is 24.3. The number of hydrogen-bond acceptors (Lipinski definition) is 5. The monoisotopic (exact) mass is 506 g/mol. The molecule has 0 saturated carbocycles. The molecule has 0 radical (unpaired) electrons. The van der Waals surface area contributed by atoms with Gasteiger partial charge in [-0.2, -0.15) is 4.31 Å². The first-order chi connectivity index (χ1) is 15.1. The van der Waals surface area contributed by atoms with Gasteiger partial charge in [0.05, 0.1) is 14.9 Å². The van der Waals surface area contributed by atoms with Gasteiger partial charge in [0.1, 0.15) is 11.6 Å². The highest BCUT2D eigenvalue weighted by Gasteiger charge is 2.46. The molecule has 2 aromatic rings. The Morgan fingerprint density at radius 2 is 1.72 bits per heavy atom. The van der Waals surface area contributed by atoms with E-state index in [1.165, 1.54) is 12.1 Å². The molecule has 2 amide bonds. The number of nitrogens with two attached hydrogens (primary N) is 1. The lowest BCUT2D eigenvalue weighted by molar-refractivity contribution is -0.127. The lowest BCUT2D eigenvalue weighted by Crippen LogP contribution is -2.54. The van der Waals surface area contributed by atoms with E-state index in [0.717, 1.165) is 27.4 Å². The van der Waals surface area contributed by atoms with E-state index in [1.807, 2.05) is 0 Å². The molecule has 8 nitrogen and oxygen atoms in total.